The Bertz CT molecular complexity index is 368. The second-order valence-corrected chi connectivity index (χ2v) is 4.12. The molecular weight excluding hydrogens is 258 g/mol. The molecule has 1 aromatic rings. The van der Waals surface area contributed by atoms with Crippen LogP contribution in [-0.2, 0) is 6.54 Å². The fourth-order valence-corrected chi connectivity index (χ4v) is 1.86. The molecule has 5 nitrogen and oxygen atoms in total. The smallest absolute Gasteiger partial charge is 0.203 e. The Morgan fingerprint density at radius 3 is 1.95 bits per heavy atom. The predicted octanol–water partition coefficient (Wildman–Crippen LogP) is 1.96. The fourth-order valence-electron chi connectivity index (χ4n) is 1.86. The normalized spacial score (nSPS) is 10.4. The fraction of sp³-hybridized carbons (Fsp3) is 0.600. The van der Waals surface area contributed by atoms with Crippen LogP contribution in [0.15, 0.2) is 12.1 Å². The SMILES string of the molecule is CCOc1cc(CNCCO)cc(OCC)c1OCC. The number of hydrogen-bond donors (Lipinski definition) is 2. The van der Waals surface area contributed by atoms with Gasteiger partial charge in [-0.15, -0.1) is 0 Å². The summed E-state index contributed by atoms with van der Waals surface area (Å²) in [6.45, 7) is 8.82. The van der Waals surface area contributed by atoms with E-state index in [4.69, 9.17) is 19.3 Å². The van der Waals surface area contributed by atoms with Crippen molar-refractivity contribution >= 4 is 0 Å². The van der Waals surface area contributed by atoms with Crippen LogP contribution in [0, 0.1) is 0 Å². The minimum atomic E-state index is 0.119. The molecular formula is C15H25NO4. The zero-order valence-corrected chi connectivity index (χ0v) is 12.6. The first kappa shape index (κ1) is 16.6. The number of benzene rings is 1. The van der Waals surface area contributed by atoms with Gasteiger partial charge in [-0.2, -0.15) is 0 Å². The molecule has 0 spiro atoms. The summed E-state index contributed by atoms with van der Waals surface area (Å²) in [5.74, 6) is 2.05. The molecule has 0 saturated carbocycles. The number of ether oxygens (including phenoxy) is 3. The summed E-state index contributed by atoms with van der Waals surface area (Å²) >= 11 is 0. The zero-order valence-electron chi connectivity index (χ0n) is 12.6. The van der Waals surface area contributed by atoms with E-state index in [-0.39, 0.29) is 6.61 Å². The van der Waals surface area contributed by atoms with Crippen molar-refractivity contribution in [1.82, 2.24) is 5.32 Å². The minimum Gasteiger partial charge on any atom is -0.490 e. The summed E-state index contributed by atoms with van der Waals surface area (Å²) < 4.78 is 16.9. The average molecular weight is 283 g/mol. The van der Waals surface area contributed by atoms with Gasteiger partial charge in [0, 0.05) is 13.1 Å². The molecule has 5 heteroatoms. The molecule has 0 fully saturated rings. The van der Waals surface area contributed by atoms with E-state index in [2.05, 4.69) is 5.32 Å². The van der Waals surface area contributed by atoms with Crippen molar-refractivity contribution in [3.8, 4) is 17.2 Å². The van der Waals surface area contributed by atoms with Crippen molar-refractivity contribution in [3.05, 3.63) is 17.7 Å². The Kier molecular flexibility index (Phi) is 7.84. The molecule has 0 aliphatic carbocycles. The Hall–Kier alpha value is -1.46. The highest BCUT2D eigenvalue weighted by molar-refractivity contribution is 5.54. The van der Waals surface area contributed by atoms with Crippen LogP contribution in [0.25, 0.3) is 0 Å². The maximum Gasteiger partial charge on any atom is 0.203 e. The van der Waals surface area contributed by atoms with Crippen LogP contribution in [0.4, 0.5) is 0 Å². The van der Waals surface area contributed by atoms with Crippen LogP contribution >= 0.6 is 0 Å². The summed E-state index contributed by atoms with van der Waals surface area (Å²) in [6, 6.07) is 3.89. The molecule has 2 N–H and O–H groups in total. The van der Waals surface area contributed by atoms with E-state index in [1.54, 1.807) is 0 Å². The third-order valence-electron chi connectivity index (χ3n) is 2.59. The second kappa shape index (κ2) is 9.44. The van der Waals surface area contributed by atoms with Crippen molar-refractivity contribution in [1.29, 1.82) is 0 Å². The highest BCUT2D eigenvalue weighted by Gasteiger charge is 2.14. The first-order chi connectivity index (χ1) is 9.76. The van der Waals surface area contributed by atoms with E-state index in [9.17, 15) is 0 Å². The van der Waals surface area contributed by atoms with Crippen LogP contribution in [0.2, 0.25) is 0 Å². The number of rotatable bonds is 10. The van der Waals surface area contributed by atoms with E-state index < -0.39 is 0 Å². The highest BCUT2D eigenvalue weighted by atomic mass is 16.5. The number of nitrogens with one attached hydrogen (secondary N) is 1. The van der Waals surface area contributed by atoms with Gasteiger partial charge in [0.1, 0.15) is 0 Å². The third kappa shape index (κ3) is 4.90. The van der Waals surface area contributed by atoms with E-state index >= 15 is 0 Å². The van der Waals surface area contributed by atoms with E-state index in [1.165, 1.54) is 0 Å². The number of aliphatic hydroxyl groups is 1. The van der Waals surface area contributed by atoms with E-state index in [1.807, 2.05) is 32.9 Å². The molecule has 0 radical (unpaired) electrons. The van der Waals surface area contributed by atoms with Gasteiger partial charge in [-0.25, -0.2) is 0 Å². The van der Waals surface area contributed by atoms with Gasteiger partial charge < -0.3 is 24.6 Å². The quantitative estimate of drug-likeness (QED) is 0.643. The summed E-state index contributed by atoms with van der Waals surface area (Å²) in [7, 11) is 0. The summed E-state index contributed by atoms with van der Waals surface area (Å²) in [4.78, 5) is 0. The van der Waals surface area contributed by atoms with E-state index in [0.717, 1.165) is 5.56 Å². The Morgan fingerprint density at radius 1 is 0.950 bits per heavy atom. The Labute approximate surface area is 120 Å². The summed E-state index contributed by atoms with van der Waals surface area (Å²) in [5.41, 5.74) is 1.04. The van der Waals surface area contributed by atoms with Gasteiger partial charge in [-0.05, 0) is 38.5 Å². The lowest BCUT2D eigenvalue weighted by atomic mass is 10.1. The lowest BCUT2D eigenvalue weighted by Gasteiger charge is -2.17. The van der Waals surface area contributed by atoms with Crippen molar-refractivity contribution in [2.45, 2.75) is 27.3 Å². The molecule has 20 heavy (non-hydrogen) atoms. The largest absolute Gasteiger partial charge is 0.490 e. The standard InChI is InChI=1S/C15H25NO4/c1-4-18-13-9-12(11-16-7-8-17)10-14(19-5-2)15(13)20-6-3/h9-10,16-17H,4-8,11H2,1-3H3. The van der Waals surface area contributed by atoms with Crippen molar-refractivity contribution in [3.63, 3.8) is 0 Å². The van der Waals surface area contributed by atoms with Crippen LogP contribution in [0.5, 0.6) is 17.2 Å². The summed E-state index contributed by atoms with van der Waals surface area (Å²) in [5, 5.41) is 11.9. The first-order valence-electron chi connectivity index (χ1n) is 7.13. The maximum atomic E-state index is 8.80. The molecule has 0 unspecified atom stereocenters. The molecule has 114 valence electrons. The topological polar surface area (TPSA) is 60.0 Å². The second-order valence-electron chi connectivity index (χ2n) is 4.12. The Morgan fingerprint density at radius 2 is 1.50 bits per heavy atom. The van der Waals surface area contributed by atoms with Crippen LogP contribution < -0.4 is 19.5 Å². The molecule has 0 amide bonds. The lowest BCUT2D eigenvalue weighted by Crippen LogP contribution is -2.17. The number of hydrogen-bond acceptors (Lipinski definition) is 5. The minimum absolute atomic E-state index is 0.119. The third-order valence-corrected chi connectivity index (χ3v) is 2.59. The molecule has 1 aromatic carbocycles. The monoisotopic (exact) mass is 283 g/mol. The van der Waals surface area contributed by atoms with Gasteiger partial charge in [0.25, 0.3) is 0 Å². The van der Waals surface area contributed by atoms with Crippen molar-refractivity contribution in [2.75, 3.05) is 33.0 Å². The van der Waals surface area contributed by atoms with Gasteiger partial charge in [0.05, 0.1) is 26.4 Å². The van der Waals surface area contributed by atoms with Crippen LogP contribution in [0.1, 0.15) is 26.3 Å². The molecule has 0 aromatic heterocycles. The summed E-state index contributed by atoms with van der Waals surface area (Å²) in [6.07, 6.45) is 0. The molecule has 1 rings (SSSR count). The lowest BCUT2D eigenvalue weighted by molar-refractivity contribution is 0.260. The van der Waals surface area contributed by atoms with E-state index in [0.29, 0.717) is 50.2 Å². The molecule has 0 atom stereocenters. The van der Waals surface area contributed by atoms with Gasteiger partial charge in [-0.3, -0.25) is 0 Å². The molecule has 0 saturated heterocycles. The van der Waals surface area contributed by atoms with Crippen molar-refractivity contribution in [2.24, 2.45) is 0 Å². The molecule has 0 aliphatic heterocycles. The van der Waals surface area contributed by atoms with Crippen LogP contribution in [0.3, 0.4) is 0 Å². The maximum absolute atomic E-state index is 8.80. The van der Waals surface area contributed by atoms with Gasteiger partial charge >= 0.3 is 0 Å². The van der Waals surface area contributed by atoms with Crippen molar-refractivity contribution < 1.29 is 19.3 Å². The number of aliphatic hydroxyl groups excluding tert-OH is 1. The predicted molar refractivity (Wildman–Crippen MR) is 78.7 cm³/mol. The zero-order chi connectivity index (χ0) is 14.8. The molecule has 0 heterocycles. The average Bonchev–Trinajstić information content (AvgIpc) is 2.43. The molecule has 0 aliphatic rings. The van der Waals surface area contributed by atoms with Gasteiger partial charge in [0.15, 0.2) is 11.5 Å². The molecule has 0 bridgehead atoms. The Balaban J connectivity index is 3.01. The van der Waals surface area contributed by atoms with Crippen LogP contribution in [-0.4, -0.2) is 38.1 Å². The van der Waals surface area contributed by atoms with Gasteiger partial charge in [0.2, 0.25) is 5.75 Å². The highest BCUT2D eigenvalue weighted by Crippen LogP contribution is 2.39. The van der Waals surface area contributed by atoms with Gasteiger partial charge in [-0.1, -0.05) is 0 Å². The first-order valence-corrected chi connectivity index (χ1v) is 7.13.